The molecule has 1 aliphatic heterocycles. The van der Waals surface area contributed by atoms with Crippen molar-refractivity contribution < 1.29 is 4.79 Å². The molecule has 0 unspecified atom stereocenters. The molecule has 0 radical (unpaired) electrons. The van der Waals surface area contributed by atoms with Gasteiger partial charge in [0, 0.05) is 13.0 Å². The van der Waals surface area contributed by atoms with Crippen molar-refractivity contribution in [2.24, 2.45) is 5.92 Å². The maximum absolute atomic E-state index is 14.2. The summed E-state index contributed by atoms with van der Waals surface area (Å²) in [6.07, 6.45) is 0.568. The van der Waals surface area contributed by atoms with Crippen molar-refractivity contribution in [3.63, 3.8) is 0 Å². The van der Waals surface area contributed by atoms with Crippen LogP contribution in [0.2, 0.25) is 0 Å². The van der Waals surface area contributed by atoms with Crippen LogP contribution in [0.1, 0.15) is 42.9 Å². The molecule has 1 amide bonds. The smallest absolute Gasteiger partial charge is 0.262 e. The van der Waals surface area contributed by atoms with E-state index in [1.807, 2.05) is 79.4 Å². The summed E-state index contributed by atoms with van der Waals surface area (Å²) in [7, 11) is 0. The summed E-state index contributed by atoms with van der Waals surface area (Å²) >= 11 is 0. The first-order valence-electron chi connectivity index (χ1n) is 12.8. The van der Waals surface area contributed by atoms with Gasteiger partial charge in [0.25, 0.3) is 5.56 Å². The van der Waals surface area contributed by atoms with Gasteiger partial charge < -0.3 is 4.90 Å². The van der Waals surface area contributed by atoms with Crippen molar-refractivity contribution in [1.29, 1.82) is 0 Å². The van der Waals surface area contributed by atoms with E-state index in [1.54, 1.807) is 10.6 Å². The molecular weight excluding hydrogens is 458 g/mol. The molecule has 37 heavy (non-hydrogen) atoms. The van der Waals surface area contributed by atoms with Crippen LogP contribution >= 0.6 is 0 Å². The van der Waals surface area contributed by atoms with Crippen molar-refractivity contribution in [3.8, 4) is 0 Å². The van der Waals surface area contributed by atoms with Crippen LogP contribution in [0, 0.1) is 5.92 Å². The molecule has 1 aromatic heterocycles. The van der Waals surface area contributed by atoms with E-state index in [-0.39, 0.29) is 23.4 Å². The minimum Gasteiger partial charge on any atom is -0.326 e. The highest BCUT2D eigenvalue weighted by molar-refractivity contribution is 5.85. The molecule has 0 saturated heterocycles. The SMILES string of the molecule is CC(C)[C@H]1C(=O)N(Cc2ccccc2)[C@@H](Cc2ccc3ccccc3c2)c2nc3ccccc3c(=O)n21. The Kier molecular flexibility index (Phi) is 5.84. The third-order valence-electron chi connectivity index (χ3n) is 7.39. The highest BCUT2D eigenvalue weighted by Gasteiger charge is 2.42. The van der Waals surface area contributed by atoms with Crippen LogP contribution in [-0.2, 0) is 17.8 Å². The van der Waals surface area contributed by atoms with Gasteiger partial charge in [-0.2, -0.15) is 0 Å². The summed E-state index contributed by atoms with van der Waals surface area (Å²) < 4.78 is 1.68. The topological polar surface area (TPSA) is 55.2 Å². The first-order chi connectivity index (χ1) is 18.0. The van der Waals surface area contributed by atoms with Gasteiger partial charge in [-0.05, 0) is 39.9 Å². The van der Waals surface area contributed by atoms with Crippen molar-refractivity contribution in [3.05, 3.63) is 124 Å². The molecule has 4 aromatic carbocycles. The number of fused-ring (bicyclic) bond motifs is 3. The van der Waals surface area contributed by atoms with Crippen LogP contribution in [0.4, 0.5) is 0 Å². The van der Waals surface area contributed by atoms with E-state index in [2.05, 4.69) is 30.3 Å². The molecule has 0 aliphatic carbocycles. The normalized spacial score (nSPS) is 17.5. The Balaban J connectivity index is 1.55. The van der Waals surface area contributed by atoms with E-state index in [4.69, 9.17) is 4.98 Å². The molecule has 184 valence electrons. The Bertz CT molecular complexity index is 1670. The molecule has 5 aromatic rings. The summed E-state index contributed by atoms with van der Waals surface area (Å²) in [4.78, 5) is 35.0. The number of para-hydroxylation sites is 1. The summed E-state index contributed by atoms with van der Waals surface area (Å²) in [5.41, 5.74) is 2.68. The predicted molar refractivity (Wildman–Crippen MR) is 147 cm³/mol. The molecule has 1 aliphatic rings. The zero-order chi connectivity index (χ0) is 25.5. The third kappa shape index (κ3) is 4.10. The van der Waals surface area contributed by atoms with Gasteiger partial charge in [-0.3, -0.25) is 14.2 Å². The second-order valence-electron chi connectivity index (χ2n) is 10.2. The number of hydrogen-bond donors (Lipinski definition) is 0. The zero-order valence-corrected chi connectivity index (χ0v) is 21.0. The fourth-order valence-corrected chi connectivity index (χ4v) is 5.58. The van der Waals surface area contributed by atoms with E-state index < -0.39 is 6.04 Å². The maximum atomic E-state index is 14.2. The van der Waals surface area contributed by atoms with E-state index in [0.717, 1.165) is 16.5 Å². The van der Waals surface area contributed by atoms with Crippen LogP contribution in [-0.4, -0.2) is 20.4 Å². The molecule has 0 N–H and O–H groups in total. The van der Waals surface area contributed by atoms with Gasteiger partial charge in [-0.25, -0.2) is 4.98 Å². The van der Waals surface area contributed by atoms with Gasteiger partial charge in [0.1, 0.15) is 11.9 Å². The zero-order valence-electron chi connectivity index (χ0n) is 21.0. The minimum absolute atomic E-state index is 0.0312. The second kappa shape index (κ2) is 9.32. The lowest BCUT2D eigenvalue weighted by Gasteiger charge is -2.42. The van der Waals surface area contributed by atoms with E-state index in [0.29, 0.717) is 29.7 Å². The fraction of sp³-hybridized carbons (Fsp3) is 0.219. The summed E-state index contributed by atoms with van der Waals surface area (Å²) in [5.74, 6) is 0.564. The van der Waals surface area contributed by atoms with Crippen LogP contribution in [0.15, 0.2) is 102 Å². The van der Waals surface area contributed by atoms with Crippen molar-refractivity contribution >= 4 is 27.6 Å². The van der Waals surface area contributed by atoms with Crippen molar-refractivity contribution in [1.82, 2.24) is 14.5 Å². The first kappa shape index (κ1) is 23.2. The average molecular weight is 488 g/mol. The lowest BCUT2D eigenvalue weighted by atomic mass is 9.93. The molecule has 5 nitrogen and oxygen atoms in total. The average Bonchev–Trinajstić information content (AvgIpc) is 2.92. The predicted octanol–water partition coefficient (Wildman–Crippen LogP) is 6.07. The Hall–Kier alpha value is -4.25. The second-order valence-corrected chi connectivity index (χ2v) is 10.2. The number of aromatic nitrogens is 2. The summed E-state index contributed by atoms with van der Waals surface area (Å²) in [6, 6.07) is 31.2. The van der Waals surface area contributed by atoms with Gasteiger partial charge in [0.05, 0.1) is 16.9 Å². The molecule has 6 rings (SSSR count). The molecule has 0 bridgehead atoms. The van der Waals surface area contributed by atoms with Crippen LogP contribution in [0.3, 0.4) is 0 Å². The van der Waals surface area contributed by atoms with Gasteiger partial charge in [0.2, 0.25) is 5.91 Å². The number of nitrogens with zero attached hydrogens (tertiary/aromatic N) is 3. The Labute approximate surface area is 216 Å². The maximum Gasteiger partial charge on any atom is 0.262 e. The van der Waals surface area contributed by atoms with E-state index >= 15 is 0 Å². The Morgan fingerprint density at radius 2 is 1.49 bits per heavy atom. The fourth-order valence-electron chi connectivity index (χ4n) is 5.58. The minimum atomic E-state index is -0.601. The molecule has 2 atom stereocenters. The van der Waals surface area contributed by atoms with Crippen LogP contribution in [0.25, 0.3) is 21.7 Å². The third-order valence-corrected chi connectivity index (χ3v) is 7.39. The van der Waals surface area contributed by atoms with Crippen LogP contribution < -0.4 is 5.56 Å². The summed E-state index contributed by atoms with van der Waals surface area (Å²) in [6.45, 7) is 4.46. The number of carbonyl (C=O) groups is 1. The number of rotatable bonds is 5. The van der Waals surface area contributed by atoms with Crippen LogP contribution in [0.5, 0.6) is 0 Å². The molecule has 2 heterocycles. The number of amides is 1. The van der Waals surface area contributed by atoms with Gasteiger partial charge in [-0.15, -0.1) is 0 Å². The molecule has 5 heteroatoms. The number of carbonyl (C=O) groups excluding carboxylic acids is 1. The monoisotopic (exact) mass is 487 g/mol. The highest BCUT2D eigenvalue weighted by atomic mass is 16.2. The van der Waals surface area contributed by atoms with E-state index in [1.165, 1.54) is 5.39 Å². The van der Waals surface area contributed by atoms with Crippen molar-refractivity contribution in [2.45, 2.75) is 38.9 Å². The molecule has 0 saturated carbocycles. The van der Waals surface area contributed by atoms with Gasteiger partial charge in [0.15, 0.2) is 0 Å². The lowest BCUT2D eigenvalue weighted by molar-refractivity contribution is -0.142. The standard InChI is InChI=1S/C32H29N3O2/c1-21(2)29-32(37)34(20-22-10-4-3-5-11-22)28(19-23-16-17-24-12-6-7-13-25(24)18-23)30-33-27-15-9-8-14-26(27)31(36)35(29)30/h3-18,21,28-29H,19-20H2,1-2H3/t28-,29-/m0/s1. The van der Waals surface area contributed by atoms with E-state index in [9.17, 15) is 9.59 Å². The molecule has 0 spiro atoms. The highest BCUT2D eigenvalue weighted by Crippen LogP contribution is 2.37. The molecule has 0 fully saturated rings. The Morgan fingerprint density at radius 1 is 0.784 bits per heavy atom. The Morgan fingerprint density at radius 3 is 2.27 bits per heavy atom. The number of hydrogen-bond acceptors (Lipinski definition) is 3. The number of benzene rings is 4. The first-order valence-corrected chi connectivity index (χ1v) is 12.8. The molecular formula is C32H29N3O2. The largest absolute Gasteiger partial charge is 0.326 e. The van der Waals surface area contributed by atoms with Crippen molar-refractivity contribution in [2.75, 3.05) is 0 Å². The lowest BCUT2D eigenvalue weighted by Crippen LogP contribution is -2.51. The quantitative estimate of drug-likeness (QED) is 0.302. The summed E-state index contributed by atoms with van der Waals surface area (Å²) in [5, 5.41) is 2.87. The van der Waals surface area contributed by atoms with Gasteiger partial charge in [-0.1, -0.05) is 98.8 Å². The van der Waals surface area contributed by atoms with Gasteiger partial charge >= 0.3 is 0 Å².